The summed E-state index contributed by atoms with van der Waals surface area (Å²) < 4.78 is 5.18. The van der Waals surface area contributed by atoms with Gasteiger partial charge in [-0.3, -0.25) is 5.01 Å². The third-order valence-corrected chi connectivity index (χ3v) is 4.79. The molecule has 6 heteroatoms. The summed E-state index contributed by atoms with van der Waals surface area (Å²) in [6, 6.07) is 15.3. The van der Waals surface area contributed by atoms with Crippen LogP contribution in [-0.4, -0.2) is 15.1 Å². The van der Waals surface area contributed by atoms with Crippen LogP contribution in [0.2, 0.25) is 0 Å². The molecule has 1 N–H and O–H groups in total. The molecule has 1 aliphatic heterocycles. The van der Waals surface area contributed by atoms with Crippen molar-refractivity contribution in [2.45, 2.75) is 32.2 Å². The summed E-state index contributed by atoms with van der Waals surface area (Å²) in [6.45, 7) is 2.27. The zero-order chi connectivity index (χ0) is 17.5. The second-order valence-corrected chi connectivity index (χ2v) is 6.87. The minimum Gasteiger partial charge on any atom is -0.337 e. The summed E-state index contributed by atoms with van der Waals surface area (Å²) in [7, 11) is 0. The van der Waals surface area contributed by atoms with Crippen molar-refractivity contribution < 1.29 is 4.52 Å². The molecule has 3 aromatic rings. The van der Waals surface area contributed by atoms with Crippen LogP contribution in [0.15, 0.2) is 52.1 Å². The van der Waals surface area contributed by atoms with Crippen molar-refractivity contribution in [1.29, 1.82) is 0 Å². The van der Waals surface area contributed by atoms with E-state index >= 15 is 0 Å². The Balaban J connectivity index is 1.44. The van der Waals surface area contributed by atoms with E-state index in [9.17, 15) is 0 Å². The standard InChI is InChI=1S/C20H19N5O/c1-13-21-20(26-23-13)12-25-11-18-10-17(8-9-19(18)22-24-25)16-6-4-15(5-7-16)14-2-3-14/h4-11,14,24H,2-3,12H2,1H3. The van der Waals surface area contributed by atoms with Crippen molar-refractivity contribution in [3.63, 3.8) is 0 Å². The molecule has 1 aromatic heterocycles. The van der Waals surface area contributed by atoms with Gasteiger partial charge in [0.2, 0.25) is 5.89 Å². The Bertz CT molecular complexity index is 1070. The Morgan fingerprint density at radius 1 is 1.12 bits per heavy atom. The highest BCUT2D eigenvalue weighted by atomic mass is 16.5. The number of hydrogen-bond donors (Lipinski definition) is 1. The lowest BCUT2D eigenvalue weighted by Gasteiger charge is -2.19. The number of hydrazine groups is 1. The van der Waals surface area contributed by atoms with Gasteiger partial charge in [-0.15, -0.1) is 0 Å². The van der Waals surface area contributed by atoms with E-state index in [1.54, 1.807) is 6.92 Å². The first kappa shape index (κ1) is 15.1. The number of aryl methyl sites for hydroxylation is 1. The molecule has 2 heterocycles. The van der Waals surface area contributed by atoms with Crippen LogP contribution in [0.3, 0.4) is 0 Å². The van der Waals surface area contributed by atoms with E-state index < -0.39 is 0 Å². The molecule has 0 saturated heterocycles. The van der Waals surface area contributed by atoms with Gasteiger partial charge in [-0.2, -0.15) is 10.1 Å². The molecule has 1 saturated carbocycles. The quantitative estimate of drug-likeness (QED) is 0.785. The highest BCUT2D eigenvalue weighted by Gasteiger charge is 2.23. The number of hydrogen-bond acceptors (Lipinski definition) is 6. The molecule has 0 radical (unpaired) electrons. The molecule has 5 rings (SSSR count). The van der Waals surface area contributed by atoms with Crippen molar-refractivity contribution in [2.75, 3.05) is 0 Å². The fourth-order valence-electron chi connectivity index (χ4n) is 3.25. The van der Waals surface area contributed by atoms with Crippen molar-refractivity contribution in [1.82, 2.24) is 20.7 Å². The largest absolute Gasteiger partial charge is 0.337 e. The topological polar surface area (TPSA) is 66.6 Å². The lowest BCUT2D eigenvalue weighted by molar-refractivity contribution is 0.243. The third kappa shape index (κ3) is 2.94. The van der Waals surface area contributed by atoms with Gasteiger partial charge in [-0.05, 0) is 54.5 Å². The number of rotatable bonds is 4. The first-order chi connectivity index (χ1) is 12.7. The van der Waals surface area contributed by atoms with Crippen molar-refractivity contribution in [3.8, 4) is 11.1 Å². The maximum absolute atomic E-state index is 5.18. The highest BCUT2D eigenvalue weighted by molar-refractivity contribution is 5.64. The Kier molecular flexibility index (Phi) is 3.48. The van der Waals surface area contributed by atoms with Crippen LogP contribution in [0.4, 0.5) is 0 Å². The minimum atomic E-state index is 0.462. The van der Waals surface area contributed by atoms with Crippen LogP contribution in [0.5, 0.6) is 0 Å². The number of nitrogens with zero attached hydrogens (tertiary/aromatic N) is 4. The van der Waals surface area contributed by atoms with Crippen molar-refractivity contribution >= 4 is 6.20 Å². The molecule has 2 aliphatic rings. The monoisotopic (exact) mass is 345 g/mol. The molecule has 26 heavy (non-hydrogen) atoms. The Labute approximate surface area is 150 Å². The van der Waals surface area contributed by atoms with E-state index in [0.29, 0.717) is 18.3 Å². The number of benzene rings is 2. The van der Waals surface area contributed by atoms with Gasteiger partial charge in [-0.25, -0.2) is 5.53 Å². The summed E-state index contributed by atoms with van der Waals surface area (Å²) in [5, 5.41) is 12.1. The molecule has 1 aliphatic carbocycles. The van der Waals surface area contributed by atoms with Gasteiger partial charge in [0, 0.05) is 11.4 Å². The van der Waals surface area contributed by atoms with Crippen LogP contribution in [-0.2, 0) is 6.54 Å². The van der Waals surface area contributed by atoms with Crippen LogP contribution in [0.1, 0.15) is 36.0 Å². The molecule has 0 unspecified atom stereocenters. The van der Waals surface area contributed by atoms with E-state index in [1.165, 1.54) is 29.5 Å². The zero-order valence-corrected chi connectivity index (χ0v) is 14.5. The van der Waals surface area contributed by atoms with Gasteiger partial charge in [0.15, 0.2) is 5.82 Å². The number of aromatic nitrogens is 2. The van der Waals surface area contributed by atoms with E-state index in [2.05, 4.69) is 57.2 Å². The predicted molar refractivity (Wildman–Crippen MR) is 96.8 cm³/mol. The molecule has 6 nitrogen and oxygen atoms in total. The van der Waals surface area contributed by atoms with Gasteiger partial charge in [0.1, 0.15) is 6.54 Å². The van der Waals surface area contributed by atoms with E-state index in [1.807, 2.05) is 17.3 Å². The fraction of sp³-hybridized carbons (Fsp3) is 0.250. The number of nitrogens with one attached hydrogen (secondary N) is 1. The maximum Gasteiger partial charge on any atom is 0.248 e. The fourth-order valence-corrected chi connectivity index (χ4v) is 3.25. The average molecular weight is 345 g/mol. The smallest absolute Gasteiger partial charge is 0.248 e. The summed E-state index contributed by atoms with van der Waals surface area (Å²) in [4.78, 5) is 4.23. The van der Waals surface area contributed by atoms with Gasteiger partial charge in [-0.1, -0.05) is 35.5 Å². The summed E-state index contributed by atoms with van der Waals surface area (Å²) in [5.74, 6) is 1.97. The van der Waals surface area contributed by atoms with Crippen molar-refractivity contribution in [3.05, 3.63) is 70.3 Å². The second-order valence-electron chi connectivity index (χ2n) is 6.87. The summed E-state index contributed by atoms with van der Waals surface area (Å²) in [6.07, 6.45) is 4.68. The molecule has 0 amide bonds. The first-order valence-electron chi connectivity index (χ1n) is 8.86. The molecule has 130 valence electrons. The Hall–Kier alpha value is -3.15. The number of fused-ring (bicyclic) bond motifs is 1. The molecule has 2 aromatic carbocycles. The molecule has 0 atom stereocenters. The van der Waals surface area contributed by atoms with Crippen molar-refractivity contribution in [2.24, 2.45) is 5.10 Å². The first-order valence-corrected chi connectivity index (χ1v) is 8.86. The van der Waals surface area contributed by atoms with E-state index in [4.69, 9.17) is 4.52 Å². The van der Waals surface area contributed by atoms with E-state index in [-0.39, 0.29) is 0 Å². The summed E-state index contributed by atoms with van der Waals surface area (Å²) >= 11 is 0. The van der Waals surface area contributed by atoms with Gasteiger partial charge >= 0.3 is 0 Å². The Morgan fingerprint density at radius 2 is 1.92 bits per heavy atom. The molecule has 1 fully saturated rings. The van der Waals surface area contributed by atoms with Gasteiger partial charge < -0.3 is 4.52 Å². The molecule has 0 bridgehead atoms. The average Bonchev–Trinajstić information content (AvgIpc) is 3.44. The van der Waals surface area contributed by atoms with Gasteiger partial charge in [0.05, 0.1) is 5.36 Å². The predicted octanol–water partition coefficient (Wildman–Crippen LogP) is 2.22. The third-order valence-electron chi connectivity index (χ3n) is 4.79. The highest BCUT2D eigenvalue weighted by Crippen LogP contribution is 2.40. The molecular formula is C20H19N5O. The molecule has 0 spiro atoms. The van der Waals surface area contributed by atoms with Gasteiger partial charge in [0.25, 0.3) is 0 Å². The minimum absolute atomic E-state index is 0.462. The summed E-state index contributed by atoms with van der Waals surface area (Å²) in [5.41, 5.74) is 6.86. The normalized spacial score (nSPS) is 15.7. The maximum atomic E-state index is 5.18. The second kappa shape index (κ2) is 5.98. The lowest BCUT2D eigenvalue weighted by Crippen LogP contribution is -2.42. The van der Waals surface area contributed by atoms with Crippen LogP contribution in [0, 0.1) is 6.92 Å². The molecular weight excluding hydrogens is 326 g/mol. The van der Waals surface area contributed by atoms with Crippen LogP contribution in [0.25, 0.3) is 17.3 Å². The van der Waals surface area contributed by atoms with Crippen LogP contribution >= 0.6 is 0 Å². The SMILES string of the molecule is Cc1noc(CN2C=c3cc(-c4ccc(C5CC5)cc4)ccc3=NN2)n1. The zero-order valence-electron chi connectivity index (χ0n) is 14.5. The lowest BCUT2D eigenvalue weighted by atomic mass is 10.0. The Morgan fingerprint density at radius 3 is 2.65 bits per heavy atom. The van der Waals surface area contributed by atoms with Crippen LogP contribution < -0.4 is 16.1 Å². The van der Waals surface area contributed by atoms with E-state index in [0.717, 1.165) is 16.5 Å².